The normalized spacial score (nSPS) is 11.1. The van der Waals surface area contributed by atoms with Crippen LogP contribution >= 0.6 is 23.2 Å². The van der Waals surface area contributed by atoms with Crippen molar-refractivity contribution in [2.45, 2.75) is 45.6 Å². The van der Waals surface area contributed by atoms with Crippen LogP contribution in [0.2, 0.25) is 10.0 Å². The highest BCUT2D eigenvalue weighted by molar-refractivity contribution is 6.34. The molecule has 4 nitrogen and oxygen atoms in total. The fourth-order valence-electron chi connectivity index (χ4n) is 3.66. The van der Waals surface area contributed by atoms with E-state index in [4.69, 9.17) is 27.9 Å². The van der Waals surface area contributed by atoms with Crippen LogP contribution in [-0.2, 0) is 30.5 Å². The molecule has 0 aliphatic carbocycles. The third-order valence-corrected chi connectivity index (χ3v) is 6.17. The van der Waals surface area contributed by atoms with Gasteiger partial charge in [0.25, 0.3) is 5.56 Å². The molecule has 1 heterocycles. The van der Waals surface area contributed by atoms with Gasteiger partial charge in [-0.2, -0.15) is 0 Å². The van der Waals surface area contributed by atoms with Gasteiger partial charge in [-0.15, -0.1) is 0 Å². The Bertz CT molecular complexity index is 1150. The van der Waals surface area contributed by atoms with Crippen LogP contribution in [0.3, 0.4) is 0 Å². The third kappa shape index (κ3) is 5.81. The Kier molecular flexibility index (Phi) is 8.16. The molecule has 6 heteroatoms. The van der Waals surface area contributed by atoms with E-state index in [9.17, 15) is 9.59 Å². The number of benzene rings is 2. The minimum Gasteiger partial charge on any atom is -0.465 e. The zero-order valence-corrected chi connectivity index (χ0v) is 20.0. The summed E-state index contributed by atoms with van der Waals surface area (Å²) < 4.78 is 6.41. The van der Waals surface area contributed by atoms with Crippen molar-refractivity contribution in [1.29, 1.82) is 0 Å². The summed E-state index contributed by atoms with van der Waals surface area (Å²) in [6.07, 6.45) is 2.01. The molecule has 0 saturated carbocycles. The van der Waals surface area contributed by atoms with E-state index in [0.29, 0.717) is 35.9 Å². The highest BCUT2D eigenvalue weighted by Gasteiger charge is 2.14. The number of rotatable bonds is 8. The maximum Gasteiger partial charge on any atom is 0.337 e. The number of ether oxygens (including phenoxy) is 1. The van der Waals surface area contributed by atoms with E-state index in [1.165, 1.54) is 24.3 Å². The predicted octanol–water partition coefficient (Wildman–Crippen LogP) is 6.09. The molecule has 168 valence electrons. The smallest absolute Gasteiger partial charge is 0.337 e. The van der Waals surface area contributed by atoms with Gasteiger partial charge >= 0.3 is 5.97 Å². The molecule has 0 saturated heterocycles. The number of hydrogen-bond acceptors (Lipinski definition) is 3. The Hall–Kier alpha value is -2.56. The van der Waals surface area contributed by atoms with Crippen molar-refractivity contribution in [3.63, 3.8) is 0 Å². The first-order valence-electron chi connectivity index (χ1n) is 10.6. The molecule has 0 N–H and O–H groups in total. The van der Waals surface area contributed by atoms with Gasteiger partial charge in [-0.3, -0.25) is 4.79 Å². The maximum absolute atomic E-state index is 12.8. The molecule has 0 aliphatic heterocycles. The number of aromatic nitrogens is 1. The highest BCUT2D eigenvalue weighted by atomic mass is 35.5. The van der Waals surface area contributed by atoms with E-state index in [1.807, 2.05) is 12.1 Å². The zero-order valence-electron chi connectivity index (χ0n) is 18.5. The molecule has 0 atom stereocenters. The van der Waals surface area contributed by atoms with E-state index >= 15 is 0 Å². The van der Waals surface area contributed by atoms with E-state index in [1.54, 1.807) is 16.7 Å². The molecule has 0 bridgehead atoms. The molecular weight excluding hydrogens is 445 g/mol. The van der Waals surface area contributed by atoms with Crippen molar-refractivity contribution in [2.24, 2.45) is 0 Å². The molecule has 0 unspecified atom stereocenters. The van der Waals surface area contributed by atoms with Gasteiger partial charge in [0.2, 0.25) is 0 Å². The van der Waals surface area contributed by atoms with Gasteiger partial charge in [0.15, 0.2) is 0 Å². The van der Waals surface area contributed by atoms with Crippen LogP contribution in [0, 0.1) is 0 Å². The summed E-state index contributed by atoms with van der Waals surface area (Å²) in [7, 11) is 1.35. The quantitative estimate of drug-likeness (QED) is 0.373. The first-order chi connectivity index (χ1) is 15.3. The van der Waals surface area contributed by atoms with Crippen molar-refractivity contribution in [1.82, 2.24) is 4.57 Å². The molecule has 0 aliphatic rings. The van der Waals surface area contributed by atoms with E-state index in [2.05, 4.69) is 38.1 Å². The van der Waals surface area contributed by atoms with Crippen LogP contribution in [0.15, 0.2) is 59.4 Å². The van der Waals surface area contributed by atoms with Crippen LogP contribution in [0.1, 0.15) is 52.5 Å². The molecule has 3 aromatic rings. The van der Waals surface area contributed by atoms with Gasteiger partial charge in [0.05, 0.1) is 17.7 Å². The number of aryl methyl sites for hydroxylation is 2. The van der Waals surface area contributed by atoms with Gasteiger partial charge in [-0.1, -0.05) is 73.4 Å². The summed E-state index contributed by atoms with van der Waals surface area (Å²) in [6.45, 7) is 4.78. The van der Waals surface area contributed by atoms with Crippen molar-refractivity contribution in [2.75, 3.05) is 7.11 Å². The van der Waals surface area contributed by atoms with Crippen LogP contribution in [-0.4, -0.2) is 17.6 Å². The summed E-state index contributed by atoms with van der Waals surface area (Å²) in [5, 5.41) is 0.609. The minimum absolute atomic E-state index is 0.113. The maximum atomic E-state index is 12.8. The van der Waals surface area contributed by atoms with Crippen molar-refractivity contribution >= 4 is 29.2 Å². The molecule has 0 amide bonds. The monoisotopic (exact) mass is 471 g/mol. The van der Waals surface area contributed by atoms with E-state index in [0.717, 1.165) is 17.7 Å². The number of carbonyl (C=O) groups is 1. The van der Waals surface area contributed by atoms with E-state index < -0.39 is 0 Å². The number of carbonyl (C=O) groups excluding carboxylic acids is 1. The minimum atomic E-state index is -0.377. The lowest BCUT2D eigenvalue weighted by atomic mass is 9.98. The first kappa shape index (κ1) is 24.1. The Labute approximate surface area is 198 Å². The summed E-state index contributed by atoms with van der Waals surface area (Å²) >= 11 is 12.7. The molecule has 0 fully saturated rings. The van der Waals surface area contributed by atoms with Crippen molar-refractivity contribution < 1.29 is 9.53 Å². The topological polar surface area (TPSA) is 48.3 Å². The third-order valence-electron chi connectivity index (χ3n) is 5.57. The second kappa shape index (κ2) is 10.8. The lowest BCUT2D eigenvalue weighted by molar-refractivity contribution is 0.0600. The van der Waals surface area contributed by atoms with Gasteiger partial charge in [-0.05, 0) is 60.1 Å². The standard InChI is InChI=1S/C26H27Cl2NO3/c1-17(2)21-6-4-5-19(15-21)9-12-24-22(27)16-23(28)25(30)29(24)14-13-18-7-10-20(11-8-18)26(31)32-3/h4-8,10-11,15-17H,9,12-14H2,1-3H3. The molecule has 0 radical (unpaired) electrons. The van der Waals surface area contributed by atoms with E-state index in [-0.39, 0.29) is 16.6 Å². The molecule has 1 aromatic heterocycles. The number of hydrogen-bond donors (Lipinski definition) is 0. The van der Waals surface area contributed by atoms with Crippen LogP contribution in [0.5, 0.6) is 0 Å². The van der Waals surface area contributed by atoms with Gasteiger partial charge in [-0.25, -0.2) is 4.79 Å². The SMILES string of the molecule is COC(=O)c1ccc(CCn2c(CCc3cccc(C(C)C)c3)c(Cl)cc(Cl)c2=O)cc1. The molecule has 0 spiro atoms. The van der Waals surface area contributed by atoms with Gasteiger partial charge in [0, 0.05) is 12.2 Å². The van der Waals surface area contributed by atoms with Crippen molar-refractivity contribution in [3.05, 3.63) is 103 Å². The predicted molar refractivity (Wildman–Crippen MR) is 130 cm³/mol. The summed E-state index contributed by atoms with van der Waals surface area (Å²) in [4.78, 5) is 24.4. The molecular formula is C26H27Cl2NO3. The second-order valence-electron chi connectivity index (χ2n) is 8.08. The average Bonchev–Trinajstić information content (AvgIpc) is 2.79. The van der Waals surface area contributed by atoms with Crippen LogP contribution in [0.4, 0.5) is 0 Å². The second-order valence-corrected chi connectivity index (χ2v) is 8.90. The number of methoxy groups -OCH3 is 1. The molecule has 32 heavy (non-hydrogen) atoms. The summed E-state index contributed by atoms with van der Waals surface area (Å²) in [6, 6.07) is 17.2. The Morgan fingerprint density at radius 2 is 1.66 bits per heavy atom. The number of halogens is 2. The fourth-order valence-corrected chi connectivity index (χ4v) is 4.24. The van der Waals surface area contributed by atoms with Crippen LogP contribution < -0.4 is 5.56 Å². The Balaban J connectivity index is 1.80. The van der Waals surface area contributed by atoms with Gasteiger partial charge < -0.3 is 9.30 Å². The molecule has 3 rings (SSSR count). The Morgan fingerprint density at radius 1 is 0.938 bits per heavy atom. The zero-order chi connectivity index (χ0) is 23.3. The average molecular weight is 472 g/mol. The highest BCUT2D eigenvalue weighted by Crippen LogP contribution is 2.22. The summed E-state index contributed by atoms with van der Waals surface area (Å²) in [5.74, 6) is 0.0797. The Morgan fingerprint density at radius 3 is 2.31 bits per heavy atom. The summed E-state index contributed by atoms with van der Waals surface area (Å²) in [5.41, 5.74) is 4.52. The van der Waals surface area contributed by atoms with Crippen molar-refractivity contribution in [3.8, 4) is 0 Å². The number of esters is 1. The largest absolute Gasteiger partial charge is 0.465 e. The fraction of sp³-hybridized carbons (Fsp3) is 0.308. The number of nitrogens with zero attached hydrogens (tertiary/aromatic N) is 1. The first-order valence-corrected chi connectivity index (χ1v) is 11.4. The number of pyridine rings is 1. The lowest BCUT2D eigenvalue weighted by Crippen LogP contribution is -2.25. The van der Waals surface area contributed by atoms with Gasteiger partial charge in [0.1, 0.15) is 5.02 Å². The van der Waals surface area contributed by atoms with Crippen LogP contribution in [0.25, 0.3) is 0 Å². The lowest BCUT2D eigenvalue weighted by Gasteiger charge is -2.16. The molecule has 2 aromatic carbocycles.